The van der Waals surface area contributed by atoms with Gasteiger partial charge in [0, 0.05) is 14.1 Å². The van der Waals surface area contributed by atoms with Crippen molar-refractivity contribution in [1.82, 2.24) is 4.90 Å². The molecule has 0 heterocycles. The zero-order valence-electron chi connectivity index (χ0n) is 8.60. The van der Waals surface area contributed by atoms with E-state index in [9.17, 15) is 4.79 Å². The Bertz CT molecular complexity index is 235. The van der Waals surface area contributed by atoms with Crippen molar-refractivity contribution in [3.05, 3.63) is 0 Å². The minimum absolute atomic E-state index is 0.0509. The molecular formula is C6H16N6O3. The Balaban J connectivity index is 0. The standard InChI is InChI=1S/C4H11N5.C2H5NO3/c1-9(2)4(7)8-3(5)6;3-6-1-2(4)5/h1-2H3,(H5,5,6,7,8);1,3H2,(H,4,5). The second kappa shape index (κ2) is 8.72. The van der Waals surface area contributed by atoms with Gasteiger partial charge in [-0.2, -0.15) is 4.99 Å². The van der Waals surface area contributed by atoms with E-state index in [0.29, 0.717) is 0 Å². The van der Waals surface area contributed by atoms with E-state index in [-0.39, 0.29) is 11.9 Å². The fraction of sp³-hybridized carbons (Fsp3) is 0.500. The minimum Gasteiger partial charge on any atom is -0.479 e. The third-order valence-electron chi connectivity index (χ3n) is 0.865. The summed E-state index contributed by atoms with van der Waals surface area (Å²) in [6.07, 6.45) is 0. The van der Waals surface area contributed by atoms with Crippen molar-refractivity contribution in [2.75, 3.05) is 20.7 Å². The number of hydrogen-bond donors (Lipinski definition) is 5. The van der Waals surface area contributed by atoms with Crippen LogP contribution in [-0.4, -0.2) is 48.6 Å². The maximum absolute atomic E-state index is 9.39. The third-order valence-corrected chi connectivity index (χ3v) is 0.865. The molecule has 0 aliphatic heterocycles. The number of nitrogens with one attached hydrogen (secondary N) is 1. The molecule has 0 saturated heterocycles. The summed E-state index contributed by atoms with van der Waals surface area (Å²) >= 11 is 0. The average molecular weight is 220 g/mol. The van der Waals surface area contributed by atoms with Crippen LogP contribution < -0.4 is 17.4 Å². The first-order valence-corrected chi connectivity index (χ1v) is 3.70. The summed E-state index contributed by atoms with van der Waals surface area (Å²) in [6.45, 7) is -0.431. The molecule has 0 saturated carbocycles. The smallest absolute Gasteiger partial charge is 0.331 e. The summed E-state index contributed by atoms with van der Waals surface area (Å²) in [7, 11) is 3.38. The molecule has 88 valence electrons. The molecule has 0 aliphatic rings. The summed E-state index contributed by atoms with van der Waals surface area (Å²) in [4.78, 5) is 18.1. The number of aliphatic carboxylic acids is 1. The van der Waals surface area contributed by atoms with Crippen LogP contribution in [0.5, 0.6) is 0 Å². The molecule has 0 aromatic heterocycles. The van der Waals surface area contributed by atoms with Gasteiger partial charge in [0.1, 0.15) is 0 Å². The highest BCUT2D eigenvalue weighted by atomic mass is 16.6. The molecule has 0 aromatic rings. The average Bonchev–Trinajstić information content (AvgIpc) is 2.03. The maximum atomic E-state index is 9.39. The van der Waals surface area contributed by atoms with E-state index in [4.69, 9.17) is 22.0 Å². The van der Waals surface area contributed by atoms with E-state index in [1.807, 2.05) is 0 Å². The number of hydrogen-bond acceptors (Lipinski definition) is 4. The van der Waals surface area contributed by atoms with Gasteiger partial charge in [0.15, 0.2) is 12.6 Å². The summed E-state index contributed by atoms with van der Waals surface area (Å²) in [5.41, 5.74) is 9.98. The van der Waals surface area contributed by atoms with E-state index in [0.717, 1.165) is 0 Å². The molecule has 8 N–H and O–H groups in total. The van der Waals surface area contributed by atoms with Crippen molar-refractivity contribution in [3.63, 3.8) is 0 Å². The van der Waals surface area contributed by atoms with Gasteiger partial charge in [-0.15, -0.1) is 0 Å². The molecule has 0 rings (SSSR count). The van der Waals surface area contributed by atoms with Crippen LogP contribution in [0.25, 0.3) is 0 Å². The van der Waals surface area contributed by atoms with E-state index in [2.05, 4.69) is 15.7 Å². The van der Waals surface area contributed by atoms with E-state index in [1.165, 1.54) is 4.90 Å². The molecule has 0 fully saturated rings. The van der Waals surface area contributed by atoms with Crippen LogP contribution in [0.15, 0.2) is 4.99 Å². The van der Waals surface area contributed by atoms with E-state index >= 15 is 0 Å². The Labute approximate surface area is 87.0 Å². The first-order chi connectivity index (χ1) is 6.81. The van der Waals surface area contributed by atoms with Gasteiger partial charge in [0.05, 0.1) is 0 Å². The fourth-order valence-corrected chi connectivity index (χ4v) is 0.294. The monoisotopic (exact) mass is 220 g/mol. The fourth-order valence-electron chi connectivity index (χ4n) is 0.294. The van der Waals surface area contributed by atoms with Gasteiger partial charge in [-0.3, -0.25) is 10.2 Å². The zero-order chi connectivity index (χ0) is 12.4. The van der Waals surface area contributed by atoms with Gasteiger partial charge in [-0.05, 0) is 0 Å². The Morgan fingerprint density at radius 1 is 1.53 bits per heavy atom. The number of carboxylic acid groups (broad SMARTS) is 1. The predicted molar refractivity (Wildman–Crippen MR) is 55.0 cm³/mol. The lowest BCUT2D eigenvalue weighted by atomic mass is 10.8. The molecule has 0 spiro atoms. The van der Waals surface area contributed by atoms with Gasteiger partial charge in [-0.1, -0.05) is 0 Å². The summed E-state index contributed by atoms with van der Waals surface area (Å²) < 4.78 is 0. The first-order valence-electron chi connectivity index (χ1n) is 3.70. The van der Waals surface area contributed by atoms with E-state index < -0.39 is 12.6 Å². The predicted octanol–water partition coefficient (Wildman–Crippen LogP) is -2.28. The zero-order valence-corrected chi connectivity index (χ0v) is 8.60. The molecule has 9 heteroatoms. The number of aliphatic imine (C=N–C) groups is 1. The highest BCUT2D eigenvalue weighted by Crippen LogP contribution is 1.78. The van der Waals surface area contributed by atoms with Crippen molar-refractivity contribution >= 4 is 17.9 Å². The first kappa shape index (κ1) is 15.6. The molecule has 15 heavy (non-hydrogen) atoms. The Morgan fingerprint density at radius 2 is 2.00 bits per heavy atom. The lowest BCUT2D eigenvalue weighted by molar-refractivity contribution is -0.142. The third kappa shape index (κ3) is 14.9. The van der Waals surface area contributed by atoms with Gasteiger partial charge < -0.3 is 21.5 Å². The lowest BCUT2D eigenvalue weighted by Gasteiger charge is -2.07. The van der Waals surface area contributed by atoms with E-state index in [1.54, 1.807) is 14.1 Å². The van der Waals surface area contributed by atoms with Gasteiger partial charge in [0.25, 0.3) is 0 Å². The quantitative estimate of drug-likeness (QED) is 0.198. The summed E-state index contributed by atoms with van der Waals surface area (Å²) in [5, 5.41) is 14.8. The molecule has 0 aromatic carbocycles. The molecule has 0 amide bonds. The number of rotatable bonds is 2. The molecule has 0 atom stereocenters. The number of carbonyl (C=O) groups is 1. The Kier molecular flexibility index (Phi) is 9.06. The minimum atomic E-state index is -1.06. The van der Waals surface area contributed by atoms with Gasteiger partial charge >= 0.3 is 5.97 Å². The van der Waals surface area contributed by atoms with Crippen molar-refractivity contribution in [1.29, 1.82) is 5.41 Å². The van der Waals surface area contributed by atoms with Gasteiger partial charge in [-0.25, -0.2) is 10.7 Å². The van der Waals surface area contributed by atoms with Crippen LogP contribution in [0.1, 0.15) is 0 Å². The molecule has 0 aliphatic carbocycles. The molecule has 9 nitrogen and oxygen atoms in total. The SMILES string of the molecule is CN(C)C(=N)N=C(N)N.NOCC(=O)O. The van der Waals surface area contributed by atoms with Crippen LogP contribution in [0.4, 0.5) is 0 Å². The van der Waals surface area contributed by atoms with Crippen LogP contribution in [0, 0.1) is 5.41 Å². The van der Waals surface area contributed by atoms with Crippen molar-refractivity contribution in [2.45, 2.75) is 0 Å². The van der Waals surface area contributed by atoms with Crippen molar-refractivity contribution in [2.24, 2.45) is 22.4 Å². The second-order valence-corrected chi connectivity index (χ2v) is 2.46. The summed E-state index contributed by atoms with van der Waals surface area (Å²) in [5.74, 6) is 3.25. The van der Waals surface area contributed by atoms with Crippen LogP contribution in [0.3, 0.4) is 0 Å². The molecular weight excluding hydrogens is 204 g/mol. The highest BCUT2D eigenvalue weighted by Gasteiger charge is 1.93. The highest BCUT2D eigenvalue weighted by molar-refractivity contribution is 5.91. The topological polar surface area (TPSA) is 164 Å². The molecule has 0 bridgehead atoms. The number of guanidine groups is 2. The largest absolute Gasteiger partial charge is 0.479 e. The Hall–Kier alpha value is -1.87. The van der Waals surface area contributed by atoms with Crippen LogP contribution in [-0.2, 0) is 9.63 Å². The number of carboxylic acids is 1. The maximum Gasteiger partial charge on any atom is 0.331 e. The van der Waals surface area contributed by atoms with Crippen LogP contribution in [0.2, 0.25) is 0 Å². The molecule has 0 radical (unpaired) electrons. The lowest BCUT2D eigenvalue weighted by Crippen LogP contribution is -2.28. The van der Waals surface area contributed by atoms with Crippen molar-refractivity contribution < 1.29 is 14.7 Å². The second-order valence-electron chi connectivity index (χ2n) is 2.46. The summed E-state index contributed by atoms with van der Waals surface area (Å²) in [6, 6.07) is 0. The Morgan fingerprint density at radius 3 is 2.07 bits per heavy atom. The number of nitrogens with two attached hydrogens (primary N) is 3. The van der Waals surface area contributed by atoms with Crippen molar-refractivity contribution in [3.8, 4) is 0 Å². The normalized spacial score (nSPS) is 8.20. The van der Waals surface area contributed by atoms with Gasteiger partial charge in [0.2, 0.25) is 5.96 Å². The van der Waals surface area contributed by atoms with Crippen LogP contribution >= 0.6 is 0 Å². The molecule has 0 unspecified atom stereocenters. The number of nitrogens with zero attached hydrogens (tertiary/aromatic N) is 2.